The molecule has 2 aromatic carbocycles. The van der Waals surface area contributed by atoms with E-state index in [-0.39, 0.29) is 0 Å². The molecule has 2 aromatic heterocycles. The van der Waals surface area contributed by atoms with Crippen LogP contribution in [-0.2, 0) is 0 Å². The Morgan fingerprint density at radius 3 is 2.74 bits per heavy atom. The van der Waals surface area contributed by atoms with Crippen LogP contribution >= 0.6 is 0 Å². The van der Waals surface area contributed by atoms with E-state index in [1.807, 2.05) is 37.3 Å². The molecule has 0 N–H and O–H groups in total. The third-order valence-electron chi connectivity index (χ3n) is 4.19. The first-order chi connectivity index (χ1) is 13.0. The highest BCUT2D eigenvalue weighted by molar-refractivity contribution is 5.96. The van der Waals surface area contributed by atoms with Gasteiger partial charge in [-0.05, 0) is 42.8 Å². The molecule has 0 aliphatic carbocycles. The van der Waals surface area contributed by atoms with Crippen LogP contribution in [0.25, 0.3) is 33.3 Å². The molecule has 0 bridgehead atoms. The molecule has 0 unspecified atom stereocenters. The van der Waals surface area contributed by atoms with E-state index in [9.17, 15) is 4.79 Å². The quantitative estimate of drug-likeness (QED) is 0.362. The number of para-hydroxylation sites is 1. The summed E-state index contributed by atoms with van der Waals surface area (Å²) in [6, 6.07) is 14.3. The van der Waals surface area contributed by atoms with Crippen molar-refractivity contribution in [2.75, 3.05) is 13.7 Å². The van der Waals surface area contributed by atoms with Gasteiger partial charge < -0.3 is 18.3 Å². The molecule has 4 rings (SSSR count). The minimum absolute atomic E-state index is 0.416. The van der Waals surface area contributed by atoms with Gasteiger partial charge in [0.1, 0.15) is 23.7 Å². The van der Waals surface area contributed by atoms with Crippen molar-refractivity contribution in [3.05, 3.63) is 71.1 Å². The van der Waals surface area contributed by atoms with Crippen molar-refractivity contribution < 1.29 is 18.3 Å². The van der Waals surface area contributed by atoms with Crippen LogP contribution in [0.5, 0.6) is 11.5 Å². The number of furan rings is 1. The summed E-state index contributed by atoms with van der Waals surface area (Å²) < 4.78 is 22.4. The first-order valence-corrected chi connectivity index (χ1v) is 8.47. The van der Waals surface area contributed by atoms with Crippen LogP contribution in [0.2, 0.25) is 0 Å². The Bertz CT molecular complexity index is 1210. The van der Waals surface area contributed by atoms with Crippen LogP contribution in [0, 0.1) is 0 Å². The molecule has 136 valence electrons. The Morgan fingerprint density at radius 2 is 1.96 bits per heavy atom. The summed E-state index contributed by atoms with van der Waals surface area (Å²) >= 11 is 0. The zero-order valence-electron chi connectivity index (χ0n) is 15.1. The van der Waals surface area contributed by atoms with E-state index < -0.39 is 5.63 Å². The maximum absolute atomic E-state index is 12.0. The highest BCUT2D eigenvalue weighted by Crippen LogP contribution is 2.36. The molecule has 0 saturated carbocycles. The molecule has 0 fully saturated rings. The van der Waals surface area contributed by atoms with Crippen molar-refractivity contribution >= 4 is 21.9 Å². The first-order valence-electron chi connectivity index (χ1n) is 8.47. The van der Waals surface area contributed by atoms with Crippen molar-refractivity contribution in [1.82, 2.24) is 0 Å². The summed E-state index contributed by atoms with van der Waals surface area (Å²) in [5.41, 5.74) is 2.21. The zero-order chi connectivity index (χ0) is 19.0. The Kier molecular flexibility index (Phi) is 4.20. The smallest absolute Gasteiger partial charge is 0.336 e. The van der Waals surface area contributed by atoms with Gasteiger partial charge in [-0.2, -0.15) is 0 Å². The number of ether oxygens (including phenoxy) is 2. The van der Waals surface area contributed by atoms with E-state index in [1.165, 1.54) is 6.07 Å². The molecule has 0 aliphatic heterocycles. The molecular weight excluding hydrogens is 344 g/mol. The van der Waals surface area contributed by atoms with Crippen LogP contribution in [0.15, 0.2) is 74.3 Å². The summed E-state index contributed by atoms with van der Waals surface area (Å²) in [4.78, 5) is 12.0. The largest absolute Gasteiger partial charge is 0.493 e. The molecule has 2 heterocycles. The third-order valence-corrected chi connectivity index (χ3v) is 4.19. The van der Waals surface area contributed by atoms with Crippen molar-refractivity contribution in [3.63, 3.8) is 0 Å². The van der Waals surface area contributed by atoms with Gasteiger partial charge in [-0.3, -0.25) is 0 Å². The van der Waals surface area contributed by atoms with E-state index in [2.05, 4.69) is 6.58 Å². The van der Waals surface area contributed by atoms with Gasteiger partial charge in [-0.15, -0.1) is 0 Å². The molecule has 0 spiro atoms. The number of benzene rings is 2. The normalized spacial score (nSPS) is 11.0. The third kappa shape index (κ3) is 3.19. The van der Waals surface area contributed by atoms with Gasteiger partial charge in [0.2, 0.25) is 0 Å². The average Bonchev–Trinajstić information content (AvgIpc) is 3.09. The van der Waals surface area contributed by atoms with Crippen LogP contribution in [0.3, 0.4) is 0 Å². The molecule has 27 heavy (non-hydrogen) atoms. The second-order valence-electron chi connectivity index (χ2n) is 6.37. The van der Waals surface area contributed by atoms with E-state index in [0.29, 0.717) is 40.6 Å². The lowest BCUT2D eigenvalue weighted by molar-refractivity contribution is 0.353. The summed E-state index contributed by atoms with van der Waals surface area (Å²) in [7, 11) is 1.59. The van der Waals surface area contributed by atoms with Gasteiger partial charge in [0, 0.05) is 22.4 Å². The van der Waals surface area contributed by atoms with Crippen molar-refractivity contribution in [2.24, 2.45) is 0 Å². The van der Waals surface area contributed by atoms with Crippen molar-refractivity contribution in [2.45, 2.75) is 6.92 Å². The van der Waals surface area contributed by atoms with Gasteiger partial charge in [0.05, 0.1) is 7.11 Å². The molecule has 5 heteroatoms. The van der Waals surface area contributed by atoms with Crippen molar-refractivity contribution in [1.29, 1.82) is 0 Å². The molecule has 0 amide bonds. The fourth-order valence-electron chi connectivity index (χ4n) is 2.97. The lowest BCUT2D eigenvalue weighted by Crippen LogP contribution is -2.00. The number of hydrogen-bond acceptors (Lipinski definition) is 5. The first kappa shape index (κ1) is 17.0. The number of fused-ring (bicyclic) bond motifs is 2. The Balaban J connectivity index is 1.90. The number of methoxy groups -OCH3 is 1. The predicted octanol–water partition coefficient (Wildman–Crippen LogP) is 5.17. The maximum Gasteiger partial charge on any atom is 0.336 e. The molecular formula is C22H18O5. The predicted molar refractivity (Wildman–Crippen MR) is 105 cm³/mol. The number of hydrogen-bond donors (Lipinski definition) is 0. The minimum Gasteiger partial charge on any atom is -0.493 e. The van der Waals surface area contributed by atoms with Crippen LogP contribution in [0.4, 0.5) is 0 Å². The highest BCUT2D eigenvalue weighted by Gasteiger charge is 2.15. The SMILES string of the molecule is C=C(C)COc1ccc2oc(=O)cc(-c3cc4cccc(OC)c4o3)c2c1. The fraction of sp³-hybridized carbons (Fsp3) is 0.136. The van der Waals surface area contributed by atoms with Gasteiger partial charge in [-0.25, -0.2) is 4.79 Å². The maximum atomic E-state index is 12.0. The average molecular weight is 362 g/mol. The fourth-order valence-corrected chi connectivity index (χ4v) is 2.97. The molecule has 0 radical (unpaired) electrons. The minimum atomic E-state index is -0.444. The van der Waals surface area contributed by atoms with Gasteiger partial charge in [0.25, 0.3) is 0 Å². The van der Waals surface area contributed by atoms with Crippen LogP contribution in [-0.4, -0.2) is 13.7 Å². The summed E-state index contributed by atoms with van der Waals surface area (Å²) in [5, 5.41) is 1.62. The highest BCUT2D eigenvalue weighted by atomic mass is 16.5. The lowest BCUT2D eigenvalue weighted by atomic mass is 10.1. The Hall–Kier alpha value is -3.47. The summed E-state index contributed by atoms with van der Waals surface area (Å²) in [6.07, 6.45) is 0. The molecule has 0 saturated heterocycles. The molecule has 0 aliphatic rings. The van der Waals surface area contributed by atoms with E-state index in [4.69, 9.17) is 18.3 Å². The van der Waals surface area contributed by atoms with E-state index >= 15 is 0 Å². The standard InChI is InChI=1S/C22H18O5/c1-13(2)12-25-15-7-8-18-16(10-15)17(11-21(23)26-18)20-9-14-5-4-6-19(24-3)22(14)27-20/h4-11H,1,12H2,2-3H3. The number of rotatable bonds is 5. The summed E-state index contributed by atoms with van der Waals surface area (Å²) in [6.45, 7) is 6.15. The lowest BCUT2D eigenvalue weighted by Gasteiger charge is -2.08. The molecule has 5 nitrogen and oxygen atoms in total. The zero-order valence-corrected chi connectivity index (χ0v) is 15.1. The second kappa shape index (κ2) is 6.68. The van der Waals surface area contributed by atoms with Gasteiger partial charge >= 0.3 is 5.63 Å². The van der Waals surface area contributed by atoms with E-state index in [0.717, 1.165) is 16.3 Å². The van der Waals surface area contributed by atoms with Gasteiger partial charge in [0.15, 0.2) is 11.3 Å². The van der Waals surface area contributed by atoms with Crippen molar-refractivity contribution in [3.8, 4) is 22.8 Å². The Labute approximate surface area is 155 Å². The van der Waals surface area contributed by atoms with E-state index in [1.54, 1.807) is 19.2 Å². The molecule has 0 atom stereocenters. The summed E-state index contributed by atoms with van der Waals surface area (Å²) in [5.74, 6) is 1.86. The monoisotopic (exact) mass is 362 g/mol. The second-order valence-corrected chi connectivity index (χ2v) is 6.37. The topological polar surface area (TPSA) is 61.8 Å². The van der Waals surface area contributed by atoms with Gasteiger partial charge in [-0.1, -0.05) is 18.7 Å². The van der Waals surface area contributed by atoms with Crippen LogP contribution < -0.4 is 15.1 Å². The molecule has 4 aromatic rings. The van der Waals surface area contributed by atoms with Crippen LogP contribution in [0.1, 0.15) is 6.92 Å². The Morgan fingerprint density at radius 1 is 1.11 bits per heavy atom.